The Bertz CT molecular complexity index is 139. The number of rotatable bonds is 0. The zero-order chi connectivity index (χ0) is 5.11. The van der Waals surface area contributed by atoms with Gasteiger partial charge in [-0.25, -0.2) is 0 Å². The van der Waals surface area contributed by atoms with Gasteiger partial charge in [-0.2, -0.15) is 24.6 Å². The molecular weight excluding hydrogens is 139 g/mol. The van der Waals surface area contributed by atoms with Crippen LogP contribution in [-0.2, 0) is 0 Å². The fraction of sp³-hybridized carbons (Fsp3) is 0. The van der Waals surface area contributed by atoms with Crippen LogP contribution in [0.5, 0.6) is 0 Å². The minimum absolute atomic E-state index is 0. The van der Waals surface area contributed by atoms with Crippen LogP contribution in [-0.4, -0.2) is 5.48 Å². The largest absolute Gasteiger partial charge is 1.00 e. The van der Waals surface area contributed by atoms with Gasteiger partial charge in [-0.05, 0) is 0 Å². The zero-order valence-corrected chi connectivity index (χ0v) is 8.72. The van der Waals surface area contributed by atoms with E-state index in [9.17, 15) is 0 Å². The van der Waals surface area contributed by atoms with Crippen molar-refractivity contribution < 1.29 is 56.9 Å². The molecule has 0 bridgehead atoms. The second-order valence-electron chi connectivity index (χ2n) is 1.49. The topological polar surface area (TPSA) is 31.5 Å². The molecule has 0 aliphatic rings. The van der Waals surface area contributed by atoms with E-state index in [-0.39, 0.29) is 56.9 Å². The van der Waals surface area contributed by atoms with Crippen LogP contribution in [0.4, 0.5) is 0 Å². The van der Waals surface area contributed by atoms with Gasteiger partial charge in [-0.1, -0.05) is 6.07 Å². The third-order valence-electron chi connectivity index (χ3n) is 0.843. The van der Waals surface area contributed by atoms with E-state index in [0.29, 0.717) is 0 Å². The first-order valence-corrected chi connectivity index (χ1v) is 2.26. The van der Waals surface area contributed by atoms with Crippen molar-refractivity contribution in [3.8, 4) is 0 Å². The van der Waals surface area contributed by atoms with Crippen molar-refractivity contribution in [2.75, 3.05) is 0 Å². The zero-order valence-electron chi connectivity index (χ0n) is 5.59. The van der Waals surface area contributed by atoms with Crippen LogP contribution in [0.25, 0.3) is 0 Å². The van der Waals surface area contributed by atoms with E-state index in [1.54, 1.807) is 0 Å². The number of benzene rings is 1. The average molecular weight is 148 g/mol. The van der Waals surface area contributed by atoms with E-state index in [1.807, 2.05) is 30.3 Å². The van der Waals surface area contributed by atoms with Crippen LogP contribution in [0.15, 0.2) is 30.3 Å². The average Bonchev–Trinajstić information content (AvgIpc) is 1.69. The maximum Gasteiger partial charge on any atom is 1.00 e. The van der Waals surface area contributed by atoms with E-state index in [4.69, 9.17) is 0 Å². The minimum Gasteiger partial charge on any atom is -0.412 e. The molecule has 0 saturated heterocycles. The van der Waals surface area contributed by atoms with Gasteiger partial charge in [0.15, 0.2) is 0 Å². The molecule has 0 aromatic heterocycles. The van der Waals surface area contributed by atoms with Gasteiger partial charge in [0.2, 0.25) is 0 Å². The van der Waals surface area contributed by atoms with Crippen molar-refractivity contribution in [1.82, 2.24) is 0 Å². The van der Waals surface area contributed by atoms with Crippen molar-refractivity contribution in [3.05, 3.63) is 42.8 Å². The van der Waals surface area contributed by atoms with Crippen LogP contribution < -0.4 is 51.4 Å². The molecule has 1 aromatic rings. The first kappa shape index (κ1) is 12.4. The van der Waals surface area contributed by atoms with Gasteiger partial charge in [0.1, 0.15) is 0 Å². The fourth-order valence-corrected chi connectivity index (χ4v) is 0.478. The molecule has 9 heavy (non-hydrogen) atoms. The summed E-state index contributed by atoms with van der Waals surface area (Å²) < 4.78 is 0. The van der Waals surface area contributed by atoms with E-state index in [1.165, 1.54) is 0 Å². The summed E-state index contributed by atoms with van der Waals surface area (Å²) in [5, 5.41) is 0. The SMILES string of the molecule is O.[CH2-]c1ccccc1.[K+]. The summed E-state index contributed by atoms with van der Waals surface area (Å²) in [7, 11) is 0. The second-order valence-corrected chi connectivity index (χ2v) is 1.49. The Kier molecular flexibility index (Phi) is 9.35. The molecule has 0 aliphatic heterocycles. The Morgan fingerprint density at radius 3 is 1.67 bits per heavy atom. The third-order valence-corrected chi connectivity index (χ3v) is 0.843. The summed E-state index contributed by atoms with van der Waals surface area (Å²) in [6.07, 6.45) is 0. The van der Waals surface area contributed by atoms with E-state index in [0.717, 1.165) is 5.56 Å². The molecule has 2 heteroatoms. The predicted octanol–water partition coefficient (Wildman–Crippen LogP) is -1.95. The molecule has 0 unspecified atom stereocenters. The summed E-state index contributed by atoms with van der Waals surface area (Å²) in [6.45, 7) is 3.72. The maximum absolute atomic E-state index is 3.72. The van der Waals surface area contributed by atoms with Crippen molar-refractivity contribution >= 4 is 0 Å². The van der Waals surface area contributed by atoms with Crippen LogP contribution in [0.1, 0.15) is 5.56 Å². The van der Waals surface area contributed by atoms with Crippen molar-refractivity contribution in [1.29, 1.82) is 0 Å². The van der Waals surface area contributed by atoms with E-state index < -0.39 is 0 Å². The maximum atomic E-state index is 3.72. The third kappa shape index (κ3) is 5.15. The molecule has 0 atom stereocenters. The van der Waals surface area contributed by atoms with Gasteiger partial charge in [-0.15, -0.1) is 12.1 Å². The van der Waals surface area contributed by atoms with Crippen molar-refractivity contribution in [3.63, 3.8) is 0 Å². The number of hydrogen-bond donors (Lipinski definition) is 0. The second kappa shape index (κ2) is 6.80. The van der Waals surface area contributed by atoms with Crippen LogP contribution >= 0.6 is 0 Å². The smallest absolute Gasteiger partial charge is 0.412 e. The molecular formula is C7H9KO. The predicted molar refractivity (Wildman–Crippen MR) is 34.5 cm³/mol. The number of hydrogen-bond acceptors (Lipinski definition) is 0. The Morgan fingerprint density at radius 2 is 1.44 bits per heavy atom. The first-order chi connectivity index (χ1) is 3.39. The molecule has 0 spiro atoms. The van der Waals surface area contributed by atoms with E-state index in [2.05, 4.69) is 6.92 Å². The van der Waals surface area contributed by atoms with Crippen molar-refractivity contribution in [2.24, 2.45) is 0 Å². The van der Waals surface area contributed by atoms with Crippen LogP contribution in [0, 0.1) is 6.92 Å². The molecule has 0 radical (unpaired) electrons. The van der Waals surface area contributed by atoms with Gasteiger partial charge in [0.25, 0.3) is 0 Å². The molecule has 44 valence electrons. The Labute approximate surface area is 98.2 Å². The van der Waals surface area contributed by atoms with Crippen LogP contribution in [0.3, 0.4) is 0 Å². The van der Waals surface area contributed by atoms with Crippen molar-refractivity contribution in [2.45, 2.75) is 0 Å². The van der Waals surface area contributed by atoms with Gasteiger partial charge in [0, 0.05) is 0 Å². The van der Waals surface area contributed by atoms with E-state index >= 15 is 0 Å². The Balaban J connectivity index is 0. The molecule has 2 N–H and O–H groups in total. The summed E-state index contributed by atoms with van der Waals surface area (Å²) in [4.78, 5) is 0. The molecule has 1 aromatic carbocycles. The quantitative estimate of drug-likeness (QED) is 0.302. The summed E-state index contributed by atoms with van der Waals surface area (Å²) in [6, 6.07) is 9.87. The van der Waals surface area contributed by atoms with Gasteiger partial charge >= 0.3 is 51.4 Å². The summed E-state index contributed by atoms with van der Waals surface area (Å²) in [5.74, 6) is 0. The first-order valence-electron chi connectivity index (χ1n) is 2.26. The molecule has 1 rings (SSSR count). The molecule has 0 amide bonds. The fourth-order valence-electron chi connectivity index (χ4n) is 0.478. The molecule has 0 saturated carbocycles. The Morgan fingerprint density at radius 1 is 1.00 bits per heavy atom. The van der Waals surface area contributed by atoms with Gasteiger partial charge in [-0.3, -0.25) is 0 Å². The molecule has 0 aliphatic carbocycles. The summed E-state index contributed by atoms with van der Waals surface area (Å²) >= 11 is 0. The molecule has 0 fully saturated rings. The Hall–Kier alpha value is 0.686. The summed E-state index contributed by atoms with van der Waals surface area (Å²) in [5.41, 5.74) is 1.07. The minimum atomic E-state index is 0. The van der Waals surface area contributed by atoms with Gasteiger partial charge in [0.05, 0.1) is 0 Å². The monoisotopic (exact) mass is 148 g/mol. The standard InChI is InChI=1S/C7H7.K.H2O/c1-7-5-3-2-4-6-7;;/h2-6H,1H2;;1H2/q-1;+1;. The molecule has 1 nitrogen and oxygen atoms in total. The van der Waals surface area contributed by atoms with Gasteiger partial charge < -0.3 is 5.48 Å². The molecule has 0 heterocycles. The normalized spacial score (nSPS) is 6.67. The van der Waals surface area contributed by atoms with Crippen LogP contribution in [0.2, 0.25) is 0 Å².